The summed E-state index contributed by atoms with van der Waals surface area (Å²) >= 11 is 0. The first-order chi connectivity index (χ1) is 9.03. The third-order valence-electron chi connectivity index (χ3n) is 3.02. The van der Waals surface area contributed by atoms with Crippen molar-refractivity contribution in [2.45, 2.75) is 23.8 Å². The maximum Gasteiger partial charge on any atom is 0.244 e. The van der Waals surface area contributed by atoms with Gasteiger partial charge < -0.3 is 9.47 Å². The number of ether oxygens (including phenoxy) is 2. The summed E-state index contributed by atoms with van der Waals surface area (Å²) in [5, 5.41) is 0. The van der Waals surface area contributed by atoms with Crippen LogP contribution >= 0.6 is 0 Å². The van der Waals surface area contributed by atoms with Gasteiger partial charge in [0.05, 0.1) is 7.11 Å². The largest absolute Gasteiger partial charge is 0.495 e. The van der Waals surface area contributed by atoms with Crippen LogP contribution in [0.2, 0.25) is 0 Å². The Bertz CT molecular complexity index is 541. The van der Waals surface area contributed by atoms with Crippen molar-refractivity contribution in [3.8, 4) is 5.75 Å². The predicted octanol–water partition coefficient (Wildman–Crippen LogP) is -0.0537. The fraction of sp³-hybridized carbons (Fsp3) is 0.500. The molecule has 0 amide bonds. The van der Waals surface area contributed by atoms with E-state index in [1.807, 2.05) is 0 Å². The van der Waals surface area contributed by atoms with Gasteiger partial charge >= 0.3 is 0 Å². The SMILES string of the molecule is [B]c1ccc(OC)c(S(=O)(=O)NC2CCOCC2)c1. The van der Waals surface area contributed by atoms with E-state index in [0.717, 1.165) is 0 Å². The summed E-state index contributed by atoms with van der Waals surface area (Å²) in [6.07, 6.45) is 1.34. The van der Waals surface area contributed by atoms with Gasteiger partial charge in [-0.15, -0.1) is 0 Å². The van der Waals surface area contributed by atoms with Crippen LogP contribution in [0.5, 0.6) is 5.75 Å². The van der Waals surface area contributed by atoms with E-state index >= 15 is 0 Å². The van der Waals surface area contributed by atoms with Crippen molar-refractivity contribution in [1.82, 2.24) is 4.72 Å². The molecule has 2 rings (SSSR count). The molecular formula is C12H16BNO4S. The zero-order chi connectivity index (χ0) is 13.9. The summed E-state index contributed by atoms with van der Waals surface area (Å²) in [5.74, 6) is 0.286. The minimum absolute atomic E-state index is 0.0708. The molecule has 19 heavy (non-hydrogen) atoms. The van der Waals surface area contributed by atoms with Gasteiger partial charge in [0.25, 0.3) is 0 Å². The number of nitrogens with one attached hydrogen (secondary N) is 1. The highest BCUT2D eigenvalue weighted by molar-refractivity contribution is 7.89. The average molecular weight is 281 g/mol. The van der Waals surface area contributed by atoms with Crippen LogP contribution in [0.15, 0.2) is 23.1 Å². The molecule has 0 atom stereocenters. The second kappa shape index (κ2) is 5.94. The van der Waals surface area contributed by atoms with Crippen LogP contribution in [-0.2, 0) is 14.8 Å². The van der Waals surface area contributed by atoms with Gasteiger partial charge in [-0.05, 0) is 25.0 Å². The molecule has 0 aromatic heterocycles. The van der Waals surface area contributed by atoms with Gasteiger partial charge in [-0.25, -0.2) is 13.1 Å². The molecule has 5 nitrogen and oxygen atoms in total. The predicted molar refractivity (Wildman–Crippen MR) is 72.5 cm³/mol. The van der Waals surface area contributed by atoms with Crippen LogP contribution in [0.4, 0.5) is 0 Å². The molecule has 1 aliphatic rings. The zero-order valence-electron chi connectivity index (χ0n) is 10.8. The van der Waals surface area contributed by atoms with Gasteiger partial charge in [-0.1, -0.05) is 11.5 Å². The lowest BCUT2D eigenvalue weighted by atomic mass is 9.97. The van der Waals surface area contributed by atoms with Crippen molar-refractivity contribution in [2.24, 2.45) is 0 Å². The van der Waals surface area contributed by atoms with Crippen molar-refractivity contribution in [1.29, 1.82) is 0 Å². The van der Waals surface area contributed by atoms with Crippen LogP contribution in [-0.4, -0.2) is 42.6 Å². The molecule has 0 spiro atoms. The third kappa shape index (κ3) is 3.49. The number of rotatable bonds is 4. The van der Waals surface area contributed by atoms with E-state index in [9.17, 15) is 8.42 Å². The molecule has 1 aromatic carbocycles. The summed E-state index contributed by atoms with van der Waals surface area (Å²) < 4.78 is 37.6. The lowest BCUT2D eigenvalue weighted by Crippen LogP contribution is -2.39. The van der Waals surface area contributed by atoms with E-state index < -0.39 is 10.0 Å². The minimum Gasteiger partial charge on any atom is -0.495 e. The van der Waals surface area contributed by atoms with Gasteiger partial charge in [-0.2, -0.15) is 0 Å². The van der Waals surface area contributed by atoms with Crippen molar-refractivity contribution in [3.63, 3.8) is 0 Å². The fourth-order valence-corrected chi connectivity index (χ4v) is 3.51. The number of hydrogen-bond donors (Lipinski definition) is 1. The molecule has 0 bridgehead atoms. The summed E-state index contributed by atoms with van der Waals surface area (Å²) in [6.45, 7) is 1.14. The van der Waals surface area contributed by atoms with Crippen LogP contribution < -0.4 is 14.9 Å². The van der Waals surface area contributed by atoms with E-state index in [-0.39, 0.29) is 16.7 Å². The lowest BCUT2D eigenvalue weighted by molar-refractivity contribution is 0.0832. The summed E-state index contributed by atoms with van der Waals surface area (Å²) in [7, 11) is 3.44. The Hall–Kier alpha value is -1.05. The molecule has 1 N–H and O–H groups in total. The Kier molecular flexibility index (Phi) is 4.49. The first-order valence-electron chi connectivity index (χ1n) is 6.06. The highest BCUT2D eigenvalue weighted by Gasteiger charge is 2.24. The van der Waals surface area contributed by atoms with Crippen molar-refractivity contribution < 1.29 is 17.9 Å². The molecule has 1 aliphatic heterocycles. The smallest absolute Gasteiger partial charge is 0.244 e. The highest BCUT2D eigenvalue weighted by Crippen LogP contribution is 2.22. The van der Waals surface area contributed by atoms with Gasteiger partial charge in [0, 0.05) is 19.3 Å². The van der Waals surface area contributed by atoms with Crippen LogP contribution in [0.1, 0.15) is 12.8 Å². The molecule has 102 valence electrons. The average Bonchev–Trinajstić information content (AvgIpc) is 2.39. The Morgan fingerprint density at radius 1 is 1.37 bits per heavy atom. The highest BCUT2D eigenvalue weighted by atomic mass is 32.2. The fourth-order valence-electron chi connectivity index (χ4n) is 2.00. The van der Waals surface area contributed by atoms with Gasteiger partial charge in [0.1, 0.15) is 18.5 Å². The normalized spacial score (nSPS) is 17.3. The van der Waals surface area contributed by atoms with Gasteiger partial charge in [-0.3, -0.25) is 0 Å². The molecule has 2 radical (unpaired) electrons. The van der Waals surface area contributed by atoms with Gasteiger partial charge in [0.15, 0.2) is 0 Å². The molecule has 1 saturated heterocycles. The molecular weight excluding hydrogens is 265 g/mol. The summed E-state index contributed by atoms with van der Waals surface area (Å²) in [6, 6.07) is 4.45. The zero-order valence-corrected chi connectivity index (χ0v) is 11.6. The van der Waals surface area contributed by atoms with Crippen LogP contribution in [0.3, 0.4) is 0 Å². The van der Waals surface area contributed by atoms with Crippen molar-refractivity contribution in [2.75, 3.05) is 20.3 Å². The number of hydrogen-bond acceptors (Lipinski definition) is 4. The first-order valence-corrected chi connectivity index (χ1v) is 7.55. The van der Waals surface area contributed by atoms with Crippen molar-refractivity contribution in [3.05, 3.63) is 18.2 Å². The van der Waals surface area contributed by atoms with E-state index in [4.69, 9.17) is 17.3 Å². The van der Waals surface area contributed by atoms with Crippen molar-refractivity contribution >= 4 is 23.3 Å². The number of methoxy groups -OCH3 is 1. The van der Waals surface area contributed by atoms with E-state index in [1.165, 1.54) is 13.2 Å². The second-order valence-electron chi connectivity index (χ2n) is 4.42. The topological polar surface area (TPSA) is 64.6 Å². The molecule has 7 heteroatoms. The van der Waals surface area contributed by atoms with E-state index in [1.54, 1.807) is 12.1 Å². The Balaban J connectivity index is 2.25. The molecule has 0 aliphatic carbocycles. The molecule has 1 fully saturated rings. The maximum absolute atomic E-state index is 12.3. The number of sulfonamides is 1. The van der Waals surface area contributed by atoms with Gasteiger partial charge in [0.2, 0.25) is 10.0 Å². The Labute approximate surface area is 114 Å². The Morgan fingerprint density at radius 2 is 2.05 bits per heavy atom. The molecule has 1 heterocycles. The quantitative estimate of drug-likeness (QED) is 0.786. The second-order valence-corrected chi connectivity index (χ2v) is 6.10. The van der Waals surface area contributed by atoms with E-state index in [2.05, 4.69) is 4.72 Å². The summed E-state index contributed by atoms with van der Waals surface area (Å²) in [5.41, 5.74) is 0.383. The maximum atomic E-state index is 12.3. The number of benzene rings is 1. The monoisotopic (exact) mass is 281 g/mol. The van der Waals surface area contributed by atoms with E-state index in [0.29, 0.717) is 31.5 Å². The molecule has 0 saturated carbocycles. The van der Waals surface area contributed by atoms with Crippen LogP contribution in [0.25, 0.3) is 0 Å². The first kappa shape index (κ1) is 14.4. The third-order valence-corrected chi connectivity index (χ3v) is 4.56. The lowest BCUT2D eigenvalue weighted by Gasteiger charge is -2.23. The van der Waals surface area contributed by atoms with Crippen LogP contribution in [0, 0.1) is 0 Å². The standard InChI is InChI=1S/C12H16BNO4S/c1-17-11-3-2-9(13)8-12(11)19(15,16)14-10-4-6-18-7-5-10/h2-3,8,10,14H,4-7H2,1H3. The molecule has 0 unspecified atom stereocenters. The summed E-state index contributed by atoms with van der Waals surface area (Å²) in [4.78, 5) is 0.0708. The molecule has 1 aromatic rings. The minimum atomic E-state index is -3.64. The Morgan fingerprint density at radius 3 is 2.68 bits per heavy atom.